The molecular formula is C18H27F2N3O2. The summed E-state index contributed by atoms with van der Waals surface area (Å²) in [6.45, 7) is 4.59. The van der Waals surface area contributed by atoms with Crippen LogP contribution in [0.15, 0.2) is 18.3 Å². The molecule has 1 aliphatic carbocycles. The lowest BCUT2D eigenvalue weighted by atomic mass is 9.92. The number of halogens is 2. The van der Waals surface area contributed by atoms with Crippen LogP contribution in [-0.2, 0) is 11.2 Å². The fourth-order valence-electron chi connectivity index (χ4n) is 2.83. The van der Waals surface area contributed by atoms with Crippen molar-refractivity contribution in [1.29, 1.82) is 0 Å². The maximum atomic E-state index is 14.1. The lowest BCUT2D eigenvalue weighted by Crippen LogP contribution is -2.40. The molecule has 1 atom stereocenters. The predicted molar refractivity (Wildman–Crippen MR) is 91.7 cm³/mol. The third-order valence-corrected chi connectivity index (χ3v) is 3.96. The Balaban J connectivity index is 1.77. The monoisotopic (exact) mass is 355 g/mol. The zero-order chi connectivity index (χ0) is 18.5. The van der Waals surface area contributed by atoms with Crippen LogP contribution in [0.2, 0.25) is 0 Å². The number of ether oxygens (including phenoxy) is 1. The van der Waals surface area contributed by atoms with Crippen LogP contribution >= 0.6 is 0 Å². The lowest BCUT2D eigenvalue weighted by molar-refractivity contribution is -0.00976. The Hall–Kier alpha value is -1.76. The highest BCUT2D eigenvalue weighted by Crippen LogP contribution is 2.28. The van der Waals surface area contributed by atoms with Gasteiger partial charge in [-0.2, -0.15) is 0 Å². The summed E-state index contributed by atoms with van der Waals surface area (Å²) in [5.41, 5.74) is 1.35. The number of alkyl halides is 2. The average molecular weight is 355 g/mol. The van der Waals surface area contributed by atoms with Gasteiger partial charge in [-0.25, -0.2) is 13.6 Å². The maximum absolute atomic E-state index is 14.1. The number of carbonyl (C=O) groups is 1. The molecular weight excluding hydrogens is 328 g/mol. The Kier molecular flexibility index (Phi) is 6.32. The van der Waals surface area contributed by atoms with Crippen LogP contribution in [0.1, 0.15) is 57.3 Å². The molecule has 140 valence electrons. The maximum Gasteiger partial charge on any atom is 0.407 e. The molecule has 1 aromatic heterocycles. The first kappa shape index (κ1) is 19.6. The summed E-state index contributed by atoms with van der Waals surface area (Å²) in [4.78, 5) is 15.8. The van der Waals surface area contributed by atoms with Crippen molar-refractivity contribution >= 4 is 6.09 Å². The van der Waals surface area contributed by atoms with Crippen LogP contribution in [0.3, 0.4) is 0 Å². The summed E-state index contributed by atoms with van der Waals surface area (Å²) >= 11 is 0. The molecule has 2 N–H and O–H groups in total. The van der Waals surface area contributed by atoms with E-state index in [0.29, 0.717) is 0 Å². The minimum atomic E-state index is -2.92. The molecule has 0 fully saturated rings. The van der Waals surface area contributed by atoms with Crippen LogP contribution in [0.25, 0.3) is 0 Å². The minimum Gasteiger partial charge on any atom is -0.444 e. The normalized spacial score (nSPS) is 17.7. The van der Waals surface area contributed by atoms with Gasteiger partial charge in [0.25, 0.3) is 5.92 Å². The number of hydrogen-bond acceptors (Lipinski definition) is 4. The van der Waals surface area contributed by atoms with E-state index in [4.69, 9.17) is 4.74 Å². The number of rotatable bonds is 6. The Morgan fingerprint density at radius 2 is 2.16 bits per heavy atom. The molecule has 1 heterocycles. The van der Waals surface area contributed by atoms with Gasteiger partial charge >= 0.3 is 6.09 Å². The van der Waals surface area contributed by atoms with Crippen molar-refractivity contribution in [3.8, 4) is 0 Å². The molecule has 2 rings (SSSR count). The first-order chi connectivity index (χ1) is 11.7. The number of alkyl carbamates (subject to hydrolysis) is 1. The second-order valence-electron chi connectivity index (χ2n) is 7.41. The minimum absolute atomic E-state index is 0.136. The standard InChI is InChI=1S/C18H27F2N3O2/c1-17(2,3)25-16(24)22-11-9-18(19,20)12-23-14-8-4-6-13-7-5-10-21-15(13)14/h5,7,10,14,23H,4,6,8-9,11-12H2,1-3H3,(H,22,24). The van der Waals surface area contributed by atoms with Gasteiger partial charge in [0.05, 0.1) is 12.2 Å². The Morgan fingerprint density at radius 1 is 1.40 bits per heavy atom. The summed E-state index contributed by atoms with van der Waals surface area (Å²) < 4.78 is 33.2. The van der Waals surface area contributed by atoms with Crippen molar-refractivity contribution < 1.29 is 18.3 Å². The third kappa shape index (κ3) is 6.57. The molecule has 25 heavy (non-hydrogen) atoms. The van der Waals surface area contributed by atoms with Crippen molar-refractivity contribution in [2.24, 2.45) is 0 Å². The van der Waals surface area contributed by atoms with Crippen LogP contribution in [0.4, 0.5) is 13.6 Å². The SMILES string of the molecule is CC(C)(C)OC(=O)NCCC(F)(F)CNC1CCCc2cccnc21. The van der Waals surface area contributed by atoms with Crippen LogP contribution in [0.5, 0.6) is 0 Å². The third-order valence-electron chi connectivity index (χ3n) is 3.96. The molecule has 0 saturated heterocycles. The molecule has 0 aromatic carbocycles. The summed E-state index contributed by atoms with van der Waals surface area (Å²) in [5, 5.41) is 5.31. The molecule has 1 unspecified atom stereocenters. The number of nitrogens with zero attached hydrogens (tertiary/aromatic N) is 1. The first-order valence-corrected chi connectivity index (χ1v) is 8.68. The molecule has 0 radical (unpaired) electrons. The number of pyridine rings is 1. The van der Waals surface area contributed by atoms with E-state index in [1.807, 2.05) is 12.1 Å². The Labute approximate surface area is 147 Å². The summed E-state index contributed by atoms with van der Waals surface area (Å²) in [6, 6.07) is 3.73. The molecule has 0 bridgehead atoms. The number of fused-ring (bicyclic) bond motifs is 1. The molecule has 0 spiro atoms. The molecule has 1 aliphatic rings. The molecule has 0 aliphatic heterocycles. The average Bonchev–Trinajstić information content (AvgIpc) is 2.51. The first-order valence-electron chi connectivity index (χ1n) is 8.68. The van der Waals surface area contributed by atoms with E-state index >= 15 is 0 Å². The fraction of sp³-hybridized carbons (Fsp3) is 0.667. The zero-order valence-corrected chi connectivity index (χ0v) is 15.1. The quantitative estimate of drug-likeness (QED) is 0.818. The van der Waals surface area contributed by atoms with E-state index in [1.165, 1.54) is 0 Å². The Morgan fingerprint density at radius 3 is 2.88 bits per heavy atom. The fourth-order valence-corrected chi connectivity index (χ4v) is 2.83. The lowest BCUT2D eigenvalue weighted by Gasteiger charge is -2.27. The van der Waals surface area contributed by atoms with Gasteiger partial charge in [-0.1, -0.05) is 6.07 Å². The second kappa shape index (κ2) is 8.08. The molecule has 0 saturated carbocycles. The van der Waals surface area contributed by atoms with Crippen molar-refractivity contribution in [3.05, 3.63) is 29.6 Å². The number of amides is 1. The van der Waals surface area contributed by atoms with Gasteiger partial charge in [0, 0.05) is 25.2 Å². The van der Waals surface area contributed by atoms with E-state index in [1.54, 1.807) is 27.0 Å². The topological polar surface area (TPSA) is 63.2 Å². The summed E-state index contributed by atoms with van der Waals surface area (Å²) in [7, 11) is 0. The number of carbonyl (C=O) groups excluding carboxylic acids is 1. The van der Waals surface area contributed by atoms with Gasteiger partial charge in [0.15, 0.2) is 0 Å². The van der Waals surface area contributed by atoms with Crippen LogP contribution in [-0.4, -0.2) is 35.7 Å². The zero-order valence-electron chi connectivity index (χ0n) is 15.1. The van der Waals surface area contributed by atoms with E-state index < -0.39 is 30.6 Å². The van der Waals surface area contributed by atoms with Crippen molar-refractivity contribution in [1.82, 2.24) is 15.6 Å². The highest BCUT2D eigenvalue weighted by molar-refractivity contribution is 5.67. The highest BCUT2D eigenvalue weighted by atomic mass is 19.3. The van der Waals surface area contributed by atoms with Gasteiger partial charge in [-0.15, -0.1) is 0 Å². The second-order valence-corrected chi connectivity index (χ2v) is 7.41. The number of hydrogen-bond donors (Lipinski definition) is 2. The van der Waals surface area contributed by atoms with E-state index in [-0.39, 0.29) is 12.6 Å². The number of aryl methyl sites for hydroxylation is 1. The van der Waals surface area contributed by atoms with Gasteiger partial charge in [0.2, 0.25) is 0 Å². The molecule has 5 nitrogen and oxygen atoms in total. The van der Waals surface area contributed by atoms with Gasteiger partial charge in [-0.05, 0) is 51.7 Å². The molecule has 1 aromatic rings. The van der Waals surface area contributed by atoms with Crippen LogP contribution in [0, 0.1) is 0 Å². The number of aromatic nitrogens is 1. The summed E-state index contributed by atoms with van der Waals surface area (Å²) in [5.74, 6) is -2.92. The highest BCUT2D eigenvalue weighted by Gasteiger charge is 2.31. The summed E-state index contributed by atoms with van der Waals surface area (Å²) in [6.07, 6.45) is 3.28. The van der Waals surface area contributed by atoms with E-state index in [2.05, 4.69) is 15.6 Å². The van der Waals surface area contributed by atoms with Crippen LogP contribution < -0.4 is 10.6 Å². The van der Waals surface area contributed by atoms with E-state index in [9.17, 15) is 13.6 Å². The van der Waals surface area contributed by atoms with Crippen molar-refractivity contribution in [2.75, 3.05) is 13.1 Å². The number of nitrogens with one attached hydrogen (secondary N) is 2. The van der Waals surface area contributed by atoms with Crippen molar-refractivity contribution in [3.63, 3.8) is 0 Å². The molecule has 1 amide bonds. The van der Waals surface area contributed by atoms with Gasteiger partial charge in [0.1, 0.15) is 5.60 Å². The van der Waals surface area contributed by atoms with Gasteiger partial charge < -0.3 is 15.4 Å². The molecule has 7 heteroatoms. The largest absolute Gasteiger partial charge is 0.444 e. The van der Waals surface area contributed by atoms with Gasteiger partial charge in [-0.3, -0.25) is 4.98 Å². The van der Waals surface area contributed by atoms with E-state index in [0.717, 1.165) is 30.5 Å². The predicted octanol–water partition coefficient (Wildman–Crippen LogP) is 3.60. The smallest absolute Gasteiger partial charge is 0.407 e. The Bertz CT molecular complexity index is 588. The van der Waals surface area contributed by atoms with Crippen molar-refractivity contribution in [2.45, 2.75) is 64.0 Å².